The molecule has 0 atom stereocenters. The van der Waals surface area contributed by atoms with E-state index in [1.165, 1.54) is 13.2 Å². The summed E-state index contributed by atoms with van der Waals surface area (Å²) in [5.74, 6) is -0.363. The number of carbonyl (C=O) groups excluding carboxylic acids is 2. The van der Waals surface area contributed by atoms with E-state index in [1.54, 1.807) is 72.8 Å². The second-order valence-corrected chi connectivity index (χ2v) is 12.6. The summed E-state index contributed by atoms with van der Waals surface area (Å²) in [6.07, 6.45) is 1.56. The van der Waals surface area contributed by atoms with E-state index >= 15 is 0 Å². The first kappa shape index (κ1) is 31.2. The number of aromatic nitrogens is 1. The van der Waals surface area contributed by atoms with Crippen LogP contribution in [0, 0.1) is 11.3 Å². The zero-order chi connectivity index (χ0) is 32.4. The number of pyridine rings is 1. The second-order valence-electron chi connectivity index (χ2n) is 12.6. The summed E-state index contributed by atoms with van der Waals surface area (Å²) in [5.41, 5.74) is 2.32. The van der Waals surface area contributed by atoms with Crippen LogP contribution in [0.4, 0.5) is 5.82 Å². The molecule has 5 rings (SSSR count). The van der Waals surface area contributed by atoms with Crippen molar-refractivity contribution in [2.75, 3.05) is 12.4 Å². The summed E-state index contributed by atoms with van der Waals surface area (Å²) in [6.45, 7) is 8.53. The van der Waals surface area contributed by atoms with Crippen molar-refractivity contribution in [2.45, 2.75) is 57.7 Å². The number of phenolic OH excluding ortho intramolecular Hbond substituents is 1. The molecule has 0 saturated carbocycles. The number of nitrogens with one attached hydrogen (secondary N) is 3. The van der Waals surface area contributed by atoms with Crippen molar-refractivity contribution >= 4 is 17.6 Å². The lowest BCUT2D eigenvalue weighted by Gasteiger charge is -2.46. The Bertz CT molecular complexity index is 1790. The third kappa shape index (κ3) is 6.97. The van der Waals surface area contributed by atoms with Crippen molar-refractivity contribution in [1.29, 1.82) is 5.26 Å². The fourth-order valence-corrected chi connectivity index (χ4v) is 6.33. The first-order chi connectivity index (χ1) is 21.4. The molecule has 3 aromatic carbocycles. The number of nitrogens with zero attached hydrogens (tertiary/aromatic N) is 2. The number of methoxy groups -OCH3 is 1. The predicted molar refractivity (Wildman–Crippen MR) is 174 cm³/mol. The summed E-state index contributed by atoms with van der Waals surface area (Å²) >= 11 is 0. The van der Waals surface area contributed by atoms with E-state index in [4.69, 9.17) is 4.74 Å². The van der Waals surface area contributed by atoms with E-state index in [0.717, 1.165) is 12.8 Å². The van der Waals surface area contributed by atoms with E-state index in [-0.39, 0.29) is 45.7 Å². The molecule has 1 fully saturated rings. The summed E-state index contributed by atoms with van der Waals surface area (Å²) in [6, 6.07) is 24.3. The van der Waals surface area contributed by atoms with Crippen molar-refractivity contribution in [2.24, 2.45) is 0 Å². The maximum atomic E-state index is 13.5. The normalized spacial score (nSPS) is 15.5. The van der Waals surface area contributed by atoms with Crippen molar-refractivity contribution in [3.8, 4) is 40.0 Å². The van der Waals surface area contributed by atoms with E-state index < -0.39 is 5.91 Å². The van der Waals surface area contributed by atoms with Crippen LogP contribution >= 0.6 is 0 Å². The highest BCUT2D eigenvalue weighted by Gasteiger charge is 2.38. The van der Waals surface area contributed by atoms with E-state index in [9.17, 15) is 20.0 Å². The lowest BCUT2D eigenvalue weighted by Crippen LogP contribution is -2.62. The van der Waals surface area contributed by atoms with Crippen molar-refractivity contribution in [3.05, 3.63) is 95.6 Å². The Morgan fingerprint density at radius 1 is 0.933 bits per heavy atom. The summed E-state index contributed by atoms with van der Waals surface area (Å²) < 4.78 is 5.35. The van der Waals surface area contributed by atoms with Gasteiger partial charge in [-0.1, -0.05) is 36.4 Å². The number of piperidine rings is 1. The van der Waals surface area contributed by atoms with Crippen molar-refractivity contribution in [1.82, 2.24) is 15.6 Å². The zero-order valence-corrected chi connectivity index (χ0v) is 26.1. The molecule has 1 saturated heterocycles. The minimum atomic E-state index is -0.516. The van der Waals surface area contributed by atoms with Crippen LogP contribution in [0.25, 0.3) is 22.4 Å². The molecule has 0 radical (unpaired) electrons. The number of rotatable bonds is 7. The topological polar surface area (TPSA) is 136 Å². The highest BCUT2D eigenvalue weighted by Crippen LogP contribution is 2.36. The number of amides is 2. The third-order valence-electron chi connectivity index (χ3n) is 7.86. The van der Waals surface area contributed by atoms with Gasteiger partial charge in [0.1, 0.15) is 23.1 Å². The Morgan fingerprint density at radius 2 is 1.62 bits per heavy atom. The molecular formula is C36H37N5O4. The van der Waals surface area contributed by atoms with Gasteiger partial charge in [0.15, 0.2) is 5.82 Å². The van der Waals surface area contributed by atoms with Crippen molar-refractivity contribution in [3.63, 3.8) is 0 Å². The molecule has 1 aliphatic heterocycles. The third-order valence-corrected chi connectivity index (χ3v) is 7.86. The SMILES string of the molecule is COc1ccccc1C(=O)Nc1nc(-c2ccccc2O)cc(-c2cccc(C(=O)NC3CC(C)(C)NC(C)(C)C3)c2)c1C#N. The lowest BCUT2D eigenvalue weighted by atomic mass is 9.79. The maximum Gasteiger partial charge on any atom is 0.260 e. The molecule has 0 bridgehead atoms. The number of hydrogen-bond acceptors (Lipinski definition) is 7. The van der Waals surface area contributed by atoms with Crippen LogP contribution in [0.1, 0.15) is 66.8 Å². The molecule has 2 heterocycles. The first-order valence-corrected chi connectivity index (χ1v) is 14.8. The van der Waals surface area contributed by atoms with Gasteiger partial charge in [0.05, 0.1) is 18.4 Å². The van der Waals surface area contributed by atoms with Gasteiger partial charge >= 0.3 is 0 Å². The molecule has 4 aromatic rings. The Hall–Kier alpha value is -5.20. The Morgan fingerprint density at radius 3 is 2.31 bits per heavy atom. The molecule has 0 aliphatic carbocycles. The quantitative estimate of drug-likeness (QED) is 0.195. The molecule has 1 aromatic heterocycles. The average Bonchev–Trinajstić information content (AvgIpc) is 2.99. The lowest BCUT2D eigenvalue weighted by molar-refractivity contribution is 0.0872. The number of nitriles is 1. The van der Waals surface area contributed by atoms with E-state index in [1.807, 2.05) is 0 Å². The number of ether oxygens (including phenoxy) is 1. The van der Waals surface area contributed by atoms with Crippen LogP contribution < -0.4 is 20.7 Å². The van der Waals surface area contributed by atoms with Gasteiger partial charge in [-0.3, -0.25) is 9.59 Å². The summed E-state index contributed by atoms with van der Waals surface area (Å²) in [5, 5.41) is 30.6. The Kier molecular flexibility index (Phi) is 8.62. The monoisotopic (exact) mass is 603 g/mol. The molecule has 9 heteroatoms. The molecule has 1 aliphatic rings. The number of hydrogen-bond donors (Lipinski definition) is 4. The van der Waals surface area contributed by atoms with Crippen LogP contribution in [-0.4, -0.2) is 46.1 Å². The van der Waals surface area contributed by atoms with Gasteiger partial charge in [-0.2, -0.15) is 5.26 Å². The van der Waals surface area contributed by atoms with E-state index in [0.29, 0.717) is 33.7 Å². The number of carbonyl (C=O) groups is 2. The van der Waals surface area contributed by atoms with Gasteiger partial charge in [-0.05, 0) is 88.6 Å². The van der Waals surface area contributed by atoms with Crippen LogP contribution in [0.5, 0.6) is 11.5 Å². The number of benzene rings is 3. The Balaban J connectivity index is 1.56. The number of aromatic hydroxyl groups is 1. The molecule has 4 N–H and O–H groups in total. The fraction of sp³-hybridized carbons (Fsp3) is 0.278. The maximum absolute atomic E-state index is 13.5. The molecular weight excluding hydrogens is 566 g/mol. The van der Waals surface area contributed by atoms with Crippen LogP contribution in [0.3, 0.4) is 0 Å². The highest BCUT2D eigenvalue weighted by molar-refractivity contribution is 6.07. The van der Waals surface area contributed by atoms with Gasteiger partial charge < -0.3 is 25.8 Å². The number of para-hydroxylation sites is 2. The highest BCUT2D eigenvalue weighted by atomic mass is 16.5. The average molecular weight is 604 g/mol. The van der Waals surface area contributed by atoms with Crippen LogP contribution in [-0.2, 0) is 0 Å². The minimum absolute atomic E-state index is 0.0105. The van der Waals surface area contributed by atoms with Gasteiger partial charge in [0.25, 0.3) is 11.8 Å². The molecule has 9 nitrogen and oxygen atoms in total. The van der Waals surface area contributed by atoms with Gasteiger partial charge in [0, 0.05) is 33.8 Å². The van der Waals surface area contributed by atoms with Gasteiger partial charge in [-0.25, -0.2) is 4.98 Å². The number of phenols is 1. The van der Waals surface area contributed by atoms with Crippen LogP contribution in [0.2, 0.25) is 0 Å². The molecule has 2 amide bonds. The smallest absolute Gasteiger partial charge is 0.260 e. The fourth-order valence-electron chi connectivity index (χ4n) is 6.33. The second kappa shape index (κ2) is 12.4. The summed E-state index contributed by atoms with van der Waals surface area (Å²) in [4.78, 5) is 31.5. The molecule has 0 spiro atoms. The molecule has 45 heavy (non-hydrogen) atoms. The van der Waals surface area contributed by atoms with Gasteiger partial charge in [-0.15, -0.1) is 0 Å². The standard InChI is InChI=1S/C36H37N5O4/c1-35(2)19-24(20-36(3,4)41-35)38-33(43)23-12-10-11-22(17-23)27-18-29(25-13-6-8-15-30(25)42)39-32(28(27)21-37)40-34(44)26-14-7-9-16-31(26)45-5/h6-18,24,41-42H,19-20H2,1-5H3,(H,38,43)(H,39,40,44). The van der Waals surface area contributed by atoms with Crippen molar-refractivity contribution < 1.29 is 19.4 Å². The van der Waals surface area contributed by atoms with Gasteiger partial charge in [0.2, 0.25) is 0 Å². The zero-order valence-electron chi connectivity index (χ0n) is 26.1. The number of anilines is 1. The summed E-state index contributed by atoms with van der Waals surface area (Å²) in [7, 11) is 1.47. The predicted octanol–water partition coefficient (Wildman–Crippen LogP) is 6.29. The van der Waals surface area contributed by atoms with Crippen LogP contribution in [0.15, 0.2) is 78.9 Å². The largest absolute Gasteiger partial charge is 0.507 e. The Labute approximate surface area is 263 Å². The molecule has 0 unspecified atom stereocenters. The molecule has 230 valence electrons. The van der Waals surface area contributed by atoms with E-state index in [2.05, 4.69) is 54.7 Å². The minimum Gasteiger partial charge on any atom is -0.507 e. The first-order valence-electron chi connectivity index (χ1n) is 14.8.